The molecule has 0 bridgehead atoms. The molecule has 1 unspecified atom stereocenters. The van der Waals surface area contributed by atoms with Crippen LogP contribution in [0, 0.1) is 6.92 Å². The minimum atomic E-state index is -0.557. The molecule has 0 radical (unpaired) electrons. The second-order valence-corrected chi connectivity index (χ2v) is 9.22. The standard InChI is InChI=1S/C21H26N2O3S/c1-13-6-7-14(16(24)10-13)11-22-19-18(20(25)26-21(2,3)4)15-8-9-23(5)12-17(15)27-19/h6-7,10-11,24H,8-9,12H2,1-5H3/p+1/b22-11+. The van der Waals surface area contributed by atoms with Gasteiger partial charge in [-0.15, -0.1) is 11.3 Å². The lowest BCUT2D eigenvalue weighted by atomic mass is 10.0. The van der Waals surface area contributed by atoms with E-state index in [2.05, 4.69) is 12.0 Å². The third-order valence-corrected chi connectivity index (χ3v) is 5.59. The zero-order valence-electron chi connectivity index (χ0n) is 16.5. The Morgan fingerprint density at radius 2 is 2.11 bits per heavy atom. The van der Waals surface area contributed by atoms with E-state index in [1.54, 1.807) is 23.6 Å². The Labute approximate surface area is 164 Å². The second kappa shape index (κ2) is 7.44. The van der Waals surface area contributed by atoms with E-state index in [1.807, 2.05) is 39.8 Å². The van der Waals surface area contributed by atoms with Gasteiger partial charge >= 0.3 is 5.97 Å². The first-order chi connectivity index (χ1) is 12.6. The molecule has 0 fully saturated rings. The molecule has 1 aliphatic heterocycles. The van der Waals surface area contributed by atoms with Crippen molar-refractivity contribution in [2.75, 3.05) is 13.6 Å². The summed E-state index contributed by atoms with van der Waals surface area (Å²) in [4.78, 5) is 20.1. The van der Waals surface area contributed by atoms with Crippen molar-refractivity contribution >= 4 is 28.5 Å². The number of carbonyl (C=O) groups excluding carboxylic acids is 1. The number of hydrogen-bond acceptors (Lipinski definition) is 5. The molecule has 0 amide bonds. The van der Waals surface area contributed by atoms with E-state index in [4.69, 9.17) is 4.74 Å². The maximum Gasteiger partial charge on any atom is 0.342 e. The molecule has 27 heavy (non-hydrogen) atoms. The van der Waals surface area contributed by atoms with Gasteiger partial charge in [0.15, 0.2) is 0 Å². The number of aliphatic imine (C=N–C) groups is 1. The Kier molecular flexibility index (Phi) is 5.40. The highest BCUT2D eigenvalue weighted by atomic mass is 32.1. The number of phenols is 1. The number of ether oxygens (including phenoxy) is 1. The van der Waals surface area contributed by atoms with Gasteiger partial charge in [0.1, 0.15) is 28.5 Å². The highest BCUT2D eigenvalue weighted by Gasteiger charge is 2.31. The lowest BCUT2D eigenvalue weighted by Crippen LogP contribution is -3.08. The summed E-state index contributed by atoms with van der Waals surface area (Å²) >= 11 is 1.55. The Morgan fingerprint density at radius 3 is 2.78 bits per heavy atom. The van der Waals surface area contributed by atoms with Crippen LogP contribution in [-0.2, 0) is 17.7 Å². The maximum atomic E-state index is 12.9. The molecular formula is C21H27N2O3S+. The van der Waals surface area contributed by atoms with Crippen molar-refractivity contribution in [1.29, 1.82) is 0 Å². The zero-order valence-corrected chi connectivity index (χ0v) is 17.4. The summed E-state index contributed by atoms with van der Waals surface area (Å²) in [5.41, 5.74) is 2.71. The first kappa shape index (κ1) is 19.6. The molecular weight excluding hydrogens is 360 g/mol. The Morgan fingerprint density at radius 1 is 1.37 bits per heavy atom. The minimum Gasteiger partial charge on any atom is -0.507 e. The number of thiophene rings is 1. The van der Waals surface area contributed by atoms with E-state index in [0.29, 0.717) is 16.1 Å². The van der Waals surface area contributed by atoms with E-state index < -0.39 is 5.60 Å². The van der Waals surface area contributed by atoms with Crippen molar-refractivity contribution in [3.05, 3.63) is 45.3 Å². The fourth-order valence-corrected chi connectivity index (χ4v) is 4.42. The van der Waals surface area contributed by atoms with Gasteiger partial charge in [0, 0.05) is 18.2 Å². The van der Waals surface area contributed by atoms with Crippen molar-refractivity contribution in [3.8, 4) is 5.75 Å². The third kappa shape index (κ3) is 4.57. The SMILES string of the molecule is Cc1ccc(/C=N/c2sc3c(c2C(=O)OC(C)(C)C)CC[NH+](C)C3)c(O)c1. The summed E-state index contributed by atoms with van der Waals surface area (Å²) in [6.45, 7) is 9.41. The fourth-order valence-electron chi connectivity index (χ4n) is 3.13. The lowest BCUT2D eigenvalue weighted by molar-refractivity contribution is -0.895. The third-order valence-electron chi connectivity index (χ3n) is 4.45. The molecule has 144 valence electrons. The van der Waals surface area contributed by atoms with Gasteiger partial charge in [-0.25, -0.2) is 9.79 Å². The van der Waals surface area contributed by atoms with E-state index in [0.717, 1.165) is 30.6 Å². The van der Waals surface area contributed by atoms with Gasteiger partial charge < -0.3 is 14.7 Å². The summed E-state index contributed by atoms with van der Waals surface area (Å²) < 4.78 is 5.64. The highest BCUT2D eigenvalue weighted by molar-refractivity contribution is 7.16. The van der Waals surface area contributed by atoms with E-state index in [9.17, 15) is 9.90 Å². The molecule has 1 atom stereocenters. The van der Waals surface area contributed by atoms with Gasteiger partial charge in [-0.05, 0) is 51.0 Å². The monoisotopic (exact) mass is 387 g/mol. The number of aryl methyl sites for hydroxylation is 1. The van der Waals surface area contributed by atoms with E-state index in [-0.39, 0.29) is 11.7 Å². The predicted molar refractivity (Wildman–Crippen MR) is 109 cm³/mol. The van der Waals surface area contributed by atoms with Gasteiger partial charge in [-0.1, -0.05) is 6.07 Å². The van der Waals surface area contributed by atoms with Gasteiger partial charge in [0.25, 0.3) is 0 Å². The van der Waals surface area contributed by atoms with Gasteiger partial charge in [0.2, 0.25) is 0 Å². The molecule has 1 aromatic carbocycles. The molecule has 1 aromatic heterocycles. The van der Waals surface area contributed by atoms with Crippen LogP contribution in [-0.4, -0.2) is 36.5 Å². The van der Waals surface area contributed by atoms with E-state index >= 15 is 0 Å². The van der Waals surface area contributed by atoms with Crippen LogP contribution < -0.4 is 4.90 Å². The minimum absolute atomic E-state index is 0.183. The number of likely N-dealkylation sites (N-methyl/N-ethyl adjacent to an activating group) is 1. The number of phenolic OH excluding ortho intramolecular Hbond substituents is 1. The van der Waals surface area contributed by atoms with Crippen molar-refractivity contribution in [1.82, 2.24) is 0 Å². The molecule has 0 saturated carbocycles. The quantitative estimate of drug-likeness (QED) is 0.629. The first-order valence-corrected chi connectivity index (χ1v) is 9.98. The topological polar surface area (TPSA) is 63.3 Å². The number of fused-ring (bicyclic) bond motifs is 1. The van der Waals surface area contributed by atoms with Crippen LogP contribution >= 0.6 is 11.3 Å². The van der Waals surface area contributed by atoms with Crippen LogP contribution in [0.25, 0.3) is 0 Å². The van der Waals surface area contributed by atoms with Crippen molar-refractivity contribution in [3.63, 3.8) is 0 Å². The average molecular weight is 388 g/mol. The number of quaternary nitrogens is 1. The number of esters is 1. The van der Waals surface area contributed by atoms with Gasteiger partial charge in [-0.3, -0.25) is 0 Å². The number of nitrogens with one attached hydrogen (secondary N) is 1. The fraction of sp³-hybridized carbons (Fsp3) is 0.429. The molecule has 2 N–H and O–H groups in total. The Bertz CT molecular complexity index is 894. The lowest BCUT2D eigenvalue weighted by Gasteiger charge is -2.22. The second-order valence-electron chi connectivity index (χ2n) is 8.14. The smallest absolute Gasteiger partial charge is 0.342 e. The first-order valence-electron chi connectivity index (χ1n) is 9.17. The predicted octanol–water partition coefficient (Wildman–Crippen LogP) is 3.04. The van der Waals surface area contributed by atoms with Crippen LogP contribution in [0.2, 0.25) is 0 Å². The van der Waals surface area contributed by atoms with Gasteiger partial charge in [-0.2, -0.15) is 0 Å². The number of benzene rings is 1. The zero-order chi connectivity index (χ0) is 19.8. The summed E-state index contributed by atoms with van der Waals surface area (Å²) in [5.74, 6) is -0.136. The number of rotatable bonds is 3. The summed E-state index contributed by atoms with van der Waals surface area (Å²) in [6, 6.07) is 5.45. The Balaban J connectivity index is 2.01. The summed E-state index contributed by atoms with van der Waals surface area (Å²) in [5, 5.41) is 10.8. The molecule has 3 rings (SSSR count). The number of nitrogens with zero attached hydrogens (tertiary/aromatic N) is 1. The molecule has 2 aromatic rings. The van der Waals surface area contributed by atoms with Crippen LogP contribution in [0.1, 0.15) is 52.7 Å². The molecule has 2 heterocycles. The van der Waals surface area contributed by atoms with E-state index in [1.165, 1.54) is 9.78 Å². The van der Waals surface area contributed by atoms with Crippen molar-refractivity contribution in [2.45, 2.75) is 46.3 Å². The maximum absolute atomic E-state index is 12.9. The number of aromatic hydroxyl groups is 1. The molecule has 1 aliphatic rings. The molecule has 5 nitrogen and oxygen atoms in total. The van der Waals surface area contributed by atoms with Gasteiger partial charge in [0.05, 0.1) is 18.5 Å². The molecule has 0 aliphatic carbocycles. The van der Waals surface area contributed by atoms with Crippen LogP contribution in [0.15, 0.2) is 23.2 Å². The van der Waals surface area contributed by atoms with Crippen LogP contribution in [0.3, 0.4) is 0 Å². The average Bonchev–Trinajstić information content (AvgIpc) is 2.89. The normalized spacial score (nSPS) is 17.1. The van der Waals surface area contributed by atoms with Crippen molar-refractivity contribution in [2.24, 2.45) is 4.99 Å². The molecule has 0 saturated heterocycles. The summed E-state index contributed by atoms with van der Waals surface area (Å²) in [7, 11) is 2.16. The number of hydrogen-bond donors (Lipinski definition) is 2. The summed E-state index contributed by atoms with van der Waals surface area (Å²) in [6.07, 6.45) is 2.47. The number of carbonyl (C=O) groups is 1. The molecule has 6 heteroatoms. The van der Waals surface area contributed by atoms with Crippen LogP contribution in [0.5, 0.6) is 5.75 Å². The molecule has 0 spiro atoms. The largest absolute Gasteiger partial charge is 0.507 e. The van der Waals surface area contributed by atoms with Crippen LogP contribution in [0.4, 0.5) is 5.00 Å². The van der Waals surface area contributed by atoms with Crippen molar-refractivity contribution < 1.29 is 19.5 Å². The Hall–Kier alpha value is -2.18. The highest BCUT2D eigenvalue weighted by Crippen LogP contribution is 2.38.